The Balaban J connectivity index is 0.653. The molecule has 26 rings (SSSR count). The van der Waals surface area contributed by atoms with Crippen molar-refractivity contribution in [3.05, 3.63) is 388 Å². The summed E-state index contributed by atoms with van der Waals surface area (Å²) in [5.74, 6) is 1.51. The molecule has 0 aliphatic carbocycles. The second-order valence-corrected chi connectivity index (χ2v) is 31.2. The third-order valence-electron chi connectivity index (χ3n) is 24.9. The summed E-state index contributed by atoms with van der Waals surface area (Å²) in [7, 11) is 0. The van der Waals surface area contributed by atoms with Gasteiger partial charge < -0.3 is 18.3 Å². The lowest BCUT2D eigenvalue weighted by Crippen LogP contribution is -2.04. The molecular formula is C108H64N10. The summed E-state index contributed by atoms with van der Waals surface area (Å²) in [6.07, 6.45) is 0. The standard InChI is InChI=1S/C108H64N10/c1-3-25-71(26-4-1)113-94-41-21-14-35-81(94)84-60-69(48-54-96(84)113)105-107(111-88-37-17-16-36-87(88)109-105)117-98-58-50-74(64-86(98)104-76-30-10-8-23-65(76)45-55-100(104)117)116-95-42-22-15-34-80(95)83-59-67(47-53-97(83)116)68-44-52-89-90(61-68)110-106(70-43-51-82-79-33-13-18-38-91(79)114(102(82)62-70)72-27-5-2-6-28-72)108(112-89)118-99-57-49-73(63-85(99)103-75-29-9-7-24-66(75)46-56-101(103)118)115-92-39-19-11-31-77(92)78-32-12-20-40-93(78)115/h1-64H. The van der Waals surface area contributed by atoms with E-state index in [1.807, 2.05) is 0 Å². The van der Waals surface area contributed by atoms with E-state index in [9.17, 15) is 0 Å². The molecule has 8 heterocycles. The average Bonchev–Trinajstić information content (AvgIpc) is 1.55. The van der Waals surface area contributed by atoms with Crippen molar-refractivity contribution < 1.29 is 0 Å². The molecule has 0 aliphatic rings. The van der Waals surface area contributed by atoms with E-state index in [4.69, 9.17) is 19.9 Å². The monoisotopic (exact) mass is 1500 g/mol. The molecule has 0 fully saturated rings. The van der Waals surface area contributed by atoms with Crippen LogP contribution in [0, 0.1) is 0 Å². The zero-order valence-corrected chi connectivity index (χ0v) is 63.4. The number of hydrogen-bond acceptors (Lipinski definition) is 4. The molecule has 26 aromatic rings. The first-order chi connectivity index (χ1) is 58.5. The molecule has 0 aliphatic heterocycles. The van der Waals surface area contributed by atoms with Gasteiger partial charge in [0.25, 0.3) is 0 Å². The van der Waals surface area contributed by atoms with Gasteiger partial charge in [-0.3, -0.25) is 9.13 Å². The fourth-order valence-electron chi connectivity index (χ4n) is 19.8. The van der Waals surface area contributed by atoms with E-state index >= 15 is 0 Å². The van der Waals surface area contributed by atoms with E-state index in [-0.39, 0.29) is 0 Å². The van der Waals surface area contributed by atoms with Gasteiger partial charge in [-0.1, -0.05) is 231 Å². The van der Waals surface area contributed by atoms with E-state index in [1.54, 1.807) is 0 Å². The van der Waals surface area contributed by atoms with Gasteiger partial charge in [0.2, 0.25) is 0 Å². The van der Waals surface area contributed by atoms with Crippen LogP contribution in [0.1, 0.15) is 0 Å². The Morgan fingerprint density at radius 2 is 0.475 bits per heavy atom. The van der Waals surface area contributed by atoms with Gasteiger partial charge in [0, 0.05) is 98.5 Å². The maximum atomic E-state index is 5.95. The van der Waals surface area contributed by atoms with Gasteiger partial charge in [-0.25, -0.2) is 19.9 Å². The molecule has 10 heteroatoms. The third kappa shape index (κ3) is 9.33. The number of nitrogens with zero attached hydrogens (tertiary/aromatic N) is 10. The largest absolute Gasteiger partial charge is 0.309 e. The Bertz CT molecular complexity index is 8780. The van der Waals surface area contributed by atoms with Crippen LogP contribution in [0.15, 0.2) is 388 Å². The van der Waals surface area contributed by atoms with Crippen molar-refractivity contribution in [2.75, 3.05) is 0 Å². The lowest BCUT2D eigenvalue weighted by molar-refractivity contribution is 1.08. The Labute approximate surface area is 673 Å². The summed E-state index contributed by atoms with van der Waals surface area (Å²) in [5, 5.41) is 18.7. The fourth-order valence-corrected chi connectivity index (χ4v) is 19.8. The highest BCUT2D eigenvalue weighted by molar-refractivity contribution is 6.25. The molecule has 0 unspecified atom stereocenters. The molecule has 0 N–H and O–H groups in total. The van der Waals surface area contributed by atoms with Gasteiger partial charge in [0.05, 0.1) is 88.3 Å². The highest BCUT2D eigenvalue weighted by atomic mass is 15.1. The summed E-state index contributed by atoms with van der Waals surface area (Å²) in [5.41, 5.74) is 26.4. The molecule has 0 bridgehead atoms. The summed E-state index contributed by atoms with van der Waals surface area (Å²) in [6.45, 7) is 0. The van der Waals surface area contributed by atoms with Crippen LogP contribution in [0.25, 0.3) is 242 Å². The second kappa shape index (κ2) is 24.7. The predicted octanol–water partition coefficient (Wildman–Crippen LogP) is 27.5. The topological polar surface area (TPSA) is 81.1 Å². The average molecular weight is 1500 g/mol. The van der Waals surface area contributed by atoms with Gasteiger partial charge in [-0.05, 0) is 190 Å². The lowest BCUT2D eigenvalue weighted by atomic mass is 10.0. The molecule has 8 aromatic heterocycles. The van der Waals surface area contributed by atoms with E-state index < -0.39 is 0 Å². The van der Waals surface area contributed by atoms with Crippen LogP contribution in [0.5, 0.6) is 0 Å². The molecule has 10 nitrogen and oxygen atoms in total. The molecule has 0 atom stereocenters. The molecule has 0 radical (unpaired) electrons. The molecule has 546 valence electrons. The van der Waals surface area contributed by atoms with Crippen LogP contribution in [0.3, 0.4) is 0 Å². The Hall–Kier alpha value is -16.0. The van der Waals surface area contributed by atoms with Gasteiger partial charge in [0.1, 0.15) is 11.4 Å². The first kappa shape index (κ1) is 64.5. The zero-order valence-electron chi connectivity index (χ0n) is 63.4. The van der Waals surface area contributed by atoms with Crippen LogP contribution in [0.4, 0.5) is 0 Å². The Morgan fingerprint density at radius 3 is 0.983 bits per heavy atom. The molecule has 0 saturated carbocycles. The van der Waals surface area contributed by atoms with Crippen LogP contribution in [-0.2, 0) is 0 Å². The number of rotatable bonds is 9. The Kier molecular flexibility index (Phi) is 13.5. The van der Waals surface area contributed by atoms with E-state index in [0.29, 0.717) is 0 Å². The van der Waals surface area contributed by atoms with E-state index in [0.717, 1.165) is 205 Å². The minimum Gasteiger partial charge on any atom is -0.309 e. The molecule has 0 spiro atoms. The van der Waals surface area contributed by atoms with Crippen LogP contribution in [0.2, 0.25) is 0 Å². The van der Waals surface area contributed by atoms with Crippen LogP contribution >= 0.6 is 0 Å². The maximum Gasteiger partial charge on any atom is 0.165 e. The van der Waals surface area contributed by atoms with Crippen molar-refractivity contribution in [2.24, 2.45) is 0 Å². The molecule has 118 heavy (non-hydrogen) atoms. The van der Waals surface area contributed by atoms with E-state index in [2.05, 4.69) is 416 Å². The van der Waals surface area contributed by atoms with Gasteiger partial charge in [0.15, 0.2) is 11.6 Å². The normalized spacial score (nSPS) is 12.2. The van der Waals surface area contributed by atoms with Crippen molar-refractivity contribution in [1.82, 2.24) is 47.3 Å². The smallest absolute Gasteiger partial charge is 0.165 e. The number of para-hydroxylation sites is 9. The highest BCUT2D eigenvalue weighted by Crippen LogP contribution is 2.47. The lowest BCUT2D eigenvalue weighted by Gasteiger charge is -2.15. The minimum absolute atomic E-state index is 0.747. The van der Waals surface area contributed by atoms with Crippen molar-refractivity contribution in [1.29, 1.82) is 0 Å². The third-order valence-corrected chi connectivity index (χ3v) is 24.9. The molecule has 18 aromatic carbocycles. The molecular weight excluding hydrogens is 1440 g/mol. The van der Waals surface area contributed by atoms with Crippen LogP contribution < -0.4 is 0 Å². The second-order valence-electron chi connectivity index (χ2n) is 31.2. The number of hydrogen-bond donors (Lipinski definition) is 0. The summed E-state index contributed by atoms with van der Waals surface area (Å²) >= 11 is 0. The minimum atomic E-state index is 0.747. The molecule has 0 amide bonds. The predicted molar refractivity (Wildman–Crippen MR) is 490 cm³/mol. The van der Waals surface area contributed by atoms with E-state index in [1.165, 1.54) is 37.7 Å². The first-order valence-electron chi connectivity index (χ1n) is 40.3. The maximum absolute atomic E-state index is 5.95. The van der Waals surface area contributed by atoms with Gasteiger partial charge >= 0.3 is 0 Å². The first-order valence-corrected chi connectivity index (χ1v) is 40.3. The van der Waals surface area contributed by atoms with Gasteiger partial charge in [-0.2, -0.15) is 0 Å². The summed E-state index contributed by atoms with van der Waals surface area (Å²) < 4.78 is 14.4. The quantitative estimate of drug-likeness (QED) is 0.144. The number of fused-ring (bicyclic) bond motifs is 24. The molecule has 0 saturated heterocycles. The summed E-state index contributed by atoms with van der Waals surface area (Å²) in [4.78, 5) is 23.1. The Morgan fingerprint density at radius 1 is 0.153 bits per heavy atom. The highest BCUT2D eigenvalue weighted by Gasteiger charge is 2.28. The zero-order chi connectivity index (χ0) is 77.0. The van der Waals surface area contributed by atoms with Crippen molar-refractivity contribution in [3.63, 3.8) is 0 Å². The van der Waals surface area contributed by atoms with Crippen molar-refractivity contribution in [3.8, 4) is 68.0 Å². The fraction of sp³-hybridized carbons (Fsp3) is 0. The van der Waals surface area contributed by atoms with Crippen molar-refractivity contribution in [2.45, 2.75) is 0 Å². The number of aromatic nitrogens is 10. The number of benzene rings is 18. The van der Waals surface area contributed by atoms with Gasteiger partial charge in [-0.15, -0.1) is 0 Å². The van der Waals surface area contributed by atoms with Crippen molar-refractivity contribution >= 4 is 174 Å². The summed E-state index contributed by atoms with van der Waals surface area (Å²) in [6, 6.07) is 141. The van der Waals surface area contributed by atoms with Crippen LogP contribution in [-0.4, -0.2) is 47.3 Å². The SMILES string of the molecule is c1ccc(-n2c3ccccc3c3cc(-c4nc5ccccc5nc4-n4c5ccc(-n6c7ccccc7c7cc(-c8ccc9nc(-n%10c%11ccc(-n%12c%13ccccc%13c%13ccccc%13%12)cc%11c%11c%12ccccc%12ccc%11%10)c(-c%10ccc%11c%12ccccc%12n(-c%12ccccc%12)c%11c%10)nc9c8)ccc76)cc5c5c6ccccc6ccc54)ccc32)cc1.